The number of nitrogens with zero attached hydrogens (tertiary/aromatic N) is 2. The zero-order valence-corrected chi connectivity index (χ0v) is 12.9. The summed E-state index contributed by atoms with van der Waals surface area (Å²) < 4.78 is 14.6. The molecule has 0 saturated carbocycles. The van der Waals surface area contributed by atoms with Crippen LogP contribution in [0.3, 0.4) is 0 Å². The summed E-state index contributed by atoms with van der Waals surface area (Å²) in [6.07, 6.45) is 1.29. The van der Waals surface area contributed by atoms with Crippen molar-refractivity contribution in [1.29, 1.82) is 0 Å². The molecule has 2 aromatic rings. The minimum atomic E-state index is -0.631. The van der Waals surface area contributed by atoms with Gasteiger partial charge in [-0.05, 0) is 17.7 Å². The number of H-pyrrole nitrogens is 1. The van der Waals surface area contributed by atoms with Crippen LogP contribution in [-0.4, -0.2) is 40.0 Å². The number of halogens is 1. The fourth-order valence-electron chi connectivity index (χ4n) is 2.82. The Labute approximate surface area is 136 Å². The number of carbonyl (C=O) groups excluding carboxylic acids is 1. The van der Waals surface area contributed by atoms with Gasteiger partial charge in [0.25, 0.3) is 5.56 Å². The van der Waals surface area contributed by atoms with E-state index in [9.17, 15) is 18.8 Å². The molecule has 1 fully saturated rings. The Morgan fingerprint density at radius 2 is 2.12 bits per heavy atom. The van der Waals surface area contributed by atoms with Crippen molar-refractivity contribution in [3.05, 3.63) is 68.7 Å². The minimum Gasteiger partial charge on any atom is -0.332 e. The normalized spacial score (nSPS) is 17.7. The van der Waals surface area contributed by atoms with Gasteiger partial charge in [0.1, 0.15) is 12.4 Å². The second-order valence-corrected chi connectivity index (χ2v) is 5.60. The van der Waals surface area contributed by atoms with Gasteiger partial charge < -0.3 is 10.2 Å². The van der Waals surface area contributed by atoms with Gasteiger partial charge in [-0.3, -0.25) is 19.1 Å². The maximum atomic E-state index is 13.5. The summed E-state index contributed by atoms with van der Waals surface area (Å²) in [7, 11) is 0. The molecule has 0 spiro atoms. The van der Waals surface area contributed by atoms with Gasteiger partial charge in [-0.2, -0.15) is 0 Å². The van der Waals surface area contributed by atoms with E-state index in [0.29, 0.717) is 25.2 Å². The second-order valence-electron chi connectivity index (χ2n) is 5.60. The standard InChI is InChI=1S/C16H17FN4O3/c17-12-3-1-2-11(8-12)13-9-18-5-7-21(13)15(23)10-20-6-4-14(22)19-16(20)24/h1-4,6,8,13,18H,5,7,9-10H2,(H,19,22,24). The van der Waals surface area contributed by atoms with Crippen molar-refractivity contribution in [2.75, 3.05) is 19.6 Å². The molecule has 0 bridgehead atoms. The lowest BCUT2D eigenvalue weighted by molar-refractivity contribution is -0.135. The highest BCUT2D eigenvalue weighted by molar-refractivity contribution is 5.76. The molecule has 1 saturated heterocycles. The van der Waals surface area contributed by atoms with Crippen LogP contribution in [0.2, 0.25) is 0 Å². The summed E-state index contributed by atoms with van der Waals surface area (Å²) in [5, 5.41) is 3.19. The number of amides is 1. The summed E-state index contributed by atoms with van der Waals surface area (Å²) in [4.78, 5) is 39.2. The molecule has 1 aliphatic rings. The largest absolute Gasteiger partial charge is 0.332 e. The first kappa shape index (κ1) is 16.1. The zero-order valence-electron chi connectivity index (χ0n) is 12.9. The van der Waals surface area contributed by atoms with Crippen molar-refractivity contribution in [3.8, 4) is 0 Å². The Morgan fingerprint density at radius 3 is 2.88 bits per heavy atom. The first-order valence-corrected chi connectivity index (χ1v) is 7.60. The van der Waals surface area contributed by atoms with Crippen molar-refractivity contribution in [1.82, 2.24) is 19.8 Å². The molecular weight excluding hydrogens is 315 g/mol. The molecule has 2 heterocycles. The van der Waals surface area contributed by atoms with Crippen LogP contribution in [0, 0.1) is 5.82 Å². The van der Waals surface area contributed by atoms with E-state index in [0.717, 1.165) is 4.57 Å². The molecular formula is C16H17FN4O3. The van der Waals surface area contributed by atoms with E-state index >= 15 is 0 Å². The van der Waals surface area contributed by atoms with Gasteiger partial charge in [-0.1, -0.05) is 12.1 Å². The molecule has 2 N–H and O–H groups in total. The fourth-order valence-corrected chi connectivity index (χ4v) is 2.82. The molecule has 126 valence electrons. The van der Waals surface area contributed by atoms with E-state index in [1.54, 1.807) is 17.0 Å². The summed E-state index contributed by atoms with van der Waals surface area (Å²) in [6, 6.07) is 7.02. The molecule has 0 radical (unpaired) electrons. The highest BCUT2D eigenvalue weighted by atomic mass is 19.1. The van der Waals surface area contributed by atoms with E-state index in [2.05, 4.69) is 10.3 Å². The van der Waals surface area contributed by atoms with Crippen LogP contribution in [0.15, 0.2) is 46.1 Å². The average Bonchev–Trinajstić information content (AvgIpc) is 2.57. The summed E-state index contributed by atoms with van der Waals surface area (Å²) >= 11 is 0. The van der Waals surface area contributed by atoms with Gasteiger partial charge in [0.05, 0.1) is 6.04 Å². The SMILES string of the molecule is O=C(Cn1ccc(=O)[nH]c1=O)N1CCNCC1c1cccc(F)c1. The predicted molar refractivity (Wildman–Crippen MR) is 85.0 cm³/mol. The molecule has 3 rings (SSSR count). The lowest BCUT2D eigenvalue weighted by Crippen LogP contribution is -2.50. The topological polar surface area (TPSA) is 87.2 Å². The third-order valence-electron chi connectivity index (χ3n) is 4.00. The van der Waals surface area contributed by atoms with E-state index in [-0.39, 0.29) is 24.3 Å². The van der Waals surface area contributed by atoms with Crippen molar-refractivity contribution < 1.29 is 9.18 Å². The Morgan fingerprint density at radius 1 is 1.29 bits per heavy atom. The molecule has 7 nitrogen and oxygen atoms in total. The van der Waals surface area contributed by atoms with Gasteiger partial charge >= 0.3 is 5.69 Å². The first-order chi connectivity index (χ1) is 11.5. The van der Waals surface area contributed by atoms with Gasteiger partial charge in [0.2, 0.25) is 5.91 Å². The van der Waals surface area contributed by atoms with Crippen LogP contribution >= 0.6 is 0 Å². The highest BCUT2D eigenvalue weighted by Gasteiger charge is 2.28. The van der Waals surface area contributed by atoms with Crippen LogP contribution in [0.5, 0.6) is 0 Å². The van der Waals surface area contributed by atoms with Crippen molar-refractivity contribution in [2.24, 2.45) is 0 Å². The fraction of sp³-hybridized carbons (Fsp3) is 0.312. The maximum absolute atomic E-state index is 13.5. The van der Waals surface area contributed by atoms with E-state index in [1.807, 2.05) is 0 Å². The number of benzene rings is 1. The van der Waals surface area contributed by atoms with Gasteiger partial charge in [-0.25, -0.2) is 9.18 Å². The van der Waals surface area contributed by atoms with Crippen molar-refractivity contribution in [3.63, 3.8) is 0 Å². The Kier molecular flexibility index (Phi) is 4.57. The Bertz CT molecular complexity index is 861. The minimum absolute atomic E-state index is 0.179. The number of aromatic amines is 1. The molecule has 1 aromatic heterocycles. The molecule has 1 unspecified atom stereocenters. The number of rotatable bonds is 3. The highest BCUT2D eigenvalue weighted by Crippen LogP contribution is 2.23. The smallest absolute Gasteiger partial charge is 0.328 e. The summed E-state index contributed by atoms with van der Waals surface area (Å²) in [5.41, 5.74) is -0.443. The lowest BCUT2D eigenvalue weighted by Gasteiger charge is -2.36. The molecule has 0 aliphatic carbocycles. The van der Waals surface area contributed by atoms with E-state index < -0.39 is 11.2 Å². The number of piperazine rings is 1. The Hall–Kier alpha value is -2.74. The second kappa shape index (κ2) is 6.79. The van der Waals surface area contributed by atoms with Crippen LogP contribution in [-0.2, 0) is 11.3 Å². The number of carbonyl (C=O) groups is 1. The third kappa shape index (κ3) is 3.43. The van der Waals surface area contributed by atoms with E-state index in [1.165, 1.54) is 24.4 Å². The quantitative estimate of drug-likeness (QED) is 0.818. The van der Waals surface area contributed by atoms with Gasteiger partial charge in [-0.15, -0.1) is 0 Å². The first-order valence-electron chi connectivity index (χ1n) is 7.60. The molecule has 24 heavy (non-hydrogen) atoms. The monoisotopic (exact) mass is 332 g/mol. The number of hydrogen-bond acceptors (Lipinski definition) is 4. The molecule has 1 atom stereocenters. The van der Waals surface area contributed by atoms with Crippen LogP contribution in [0.25, 0.3) is 0 Å². The number of aromatic nitrogens is 2. The summed E-state index contributed by atoms with van der Waals surface area (Å²) in [6.45, 7) is 1.41. The zero-order chi connectivity index (χ0) is 17.1. The summed E-state index contributed by atoms with van der Waals surface area (Å²) in [5.74, 6) is -0.623. The molecule has 1 amide bonds. The maximum Gasteiger partial charge on any atom is 0.328 e. The van der Waals surface area contributed by atoms with Crippen molar-refractivity contribution in [2.45, 2.75) is 12.6 Å². The molecule has 1 aliphatic heterocycles. The molecule has 8 heteroatoms. The third-order valence-corrected chi connectivity index (χ3v) is 4.00. The number of hydrogen-bond donors (Lipinski definition) is 2. The predicted octanol–water partition coefficient (Wildman–Crippen LogP) is -0.151. The van der Waals surface area contributed by atoms with Gasteiger partial charge in [0, 0.05) is 31.9 Å². The van der Waals surface area contributed by atoms with Crippen molar-refractivity contribution >= 4 is 5.91 Å². The van der Waals surface area contributed by atoms with Crippen LogP contribution in [0.1, 0.15) is 11.6 Å². The average molecular weight is 332 g/mol. The van der Waals surface area contributed by atoms with E-state index in [4.69, 9.17) is 0 Å². The van der Waals surface area contributed by atoms with Crippen LogP contribution < -0.4 is 16.6 Å². The molecule has 1 aromatic carbocycles. The number of nitrogens with one attached hydrogen (secondary N) is 2. The lowest BCUT2D eigenvalue weighted by atomic mass is 10.0. The Balaban J connectivity index is 1.83. The van der Waals surface area contributed by atoms with Gasteiger partial charge in [0.15, 0.2) is 0 Å². The van der Waals surface area contributed by atoms with Crippen LogP contribution in [0.4, 0.5) is 4.39 Å².